The Kier molecular flexibility index (Phi) is 7.79. The van der Waals surface area contributed by atoms with Gasteiger partial charge >= 0.3 is 11.9 Å². The fraction of sp³-hybridized carbons (Fsp3) is 0.300. The number of thiophene rings is 1. The molecule has 9 nitrogen and oxygen atoms in total. The Labute approximate surface area is 234 Å². The number of carbonyl (C=O) groups is 3. The average molecular weight is 560 g/mol. The van der Waals surface area contributed by atoms with Crippen molar-refractivity contribution in [2.45, 2.75) is 39.2 Å². The van der Waals surface area contributed by atoms with E-state index in [1.54, 1.807) is 61.5 Å². The summed E-state index contributed by atoms with van der Waals surface area (Å²) >= 11 is 1.36. The number of aromatic nitrogens is 2. The maximum Gasteiger partial charge on any atom is 0.360 e. The van der Waals surface area contributed by atoms with Crippen LogP contribution in [0.3, 0.4) is 0 Å². The van der Waals surface area contributed by atoms with Crippen molar-refractivity contribution in [3.8, 4) is 0 Å². The van der Waals surface area contributed by atoms with Crippen molar-refractivity contribution in [3.05, 3.63) is 92.2 Å². The van der Waals surface area contributed by atoms with Crippen LogP contribution in [0, 0.1) is 5.92 Å². The van der Waals surface area contributed by atoms with Crippen LogP contribution in [0.5, 0.6) is 0 Å². The van der Waals surface area contributed by atoms with E-state index in [0.29, 0.717) is 32.8 Å². The second-order valence-electron chi connectivity index (χ2n) is 9.78. The first-order valence-corrected chi connectivity index (χ1v) is 13.9. The number of anilines is 1. The Bertz CT molecular complexity index is 1660. The second-order valence-corrected chi connectivity index (χ2v) is 10.9. The first kappa shape index (κ1) is 27.3. The van der Waals surface area contributed by atoms with Gasteiger partial charge in [-0.3, -0.25) is 9.59 Å². The number of benzene rings is 2. The third kappa shape index (κ3) is 5.27. The Hall–Kier alpha value is -4.31. The number of esters is 2. The van der Waals surface area contributed by atoms with Crippen LogP contribution in [0.15, 0.2) is 59.4 Å². The summed E-state index contributed by atoms with van der Waals surface area (Å²) in [5, 5.41) is 8.02. The van der Waals surface area contributed by atoms with Gasteiger partial charge < -0.3 is 14.8 Å². The first-order valence-electron chi connectivity index (χ1n) is 13.1. The van der Waals surface area contributed by atoms with Crippen LogP contribution in [0.4, 0.5) is 5.00 Å². The van der Waals surface area contributed by atoms with E-state index in [1.165, 1.54) is 18.4 Å². The quantitative estimate of drug-likeness (QED) is 0.322. The van der Waals surface area contributed by atoms with Crippen LogP contribution >= 0.6 is 11.3 Å². The minimum atomic E-state index is -1.35. The summed E-state index contributed by atoms with van der Waals surface area (Å²) < 4.78 is 12.2. The summed E-state index contributed by atoms with van der Waals surface area (Å²) in [6, 6.07) is 15.2. The molecule has 0 unspecified atom stereocenters. The maximum absolute atomic E-state index is 13.8. The summed E-state index contributed by atoms with van der Waals surface area (Å²) in [5.74, 6) is -1.50. The molecule has 0 spiro atoms. The highest BCUT2D eigenvalue weighted by atomic mass is 32.1. The zero-order valence-electron chi connectivity index (χ0n) is 22.4. The van der Waals surface area contributed by atoms with Gasteiger partial charge in [0.2, 0.25) is 6.10 Å². The normalized spacial score (nSPS) is 15.2. The molecule has 1 aliphatic carbocycles. The maximum atomic E-state index is 13.8. The van der Waals surface area contributed by atoms with Gasteiger partial charge in [-0.2, -0.15) is 5.10 Å². The summed E-state index contributed by atoms with van der Waals surface area (Å²) in [7, 11) is 1.45. The molecule has 2 atom stereocenters. The molecule has 2 aromatic heterocycles. The fourth-order valence-corrected chi connectivity index (χ4v) is 6.35. The van der Waals surface area contributed by atoms with E-state index < -0.39 is 23.9 Å². The van der Waals surface area contributed by atoms with E-state index in [2.05, 4.69) is 17.3 Å². The highest BCUT2D eigenvalue weighted by molar-refractivity contribution is 7.17. The highest BCUT2D eigenvalue weighted by Gasteiger charge is 2.33. The van der Waals surface area contributed by atoms with Crippen molar-refractivity contribution >= 4 is 45.0 Å². The number of hydrogen-bond donors (Lipinski definition) is 1. The number of carbonyl (C=O) groups excluding carboxylic acids is 3. The molecule has 2 heterocycles. The summed E-state index contributed by atoms with van der Waals surface area (Å²) in [5.41, 5.74) is 1.28. The van der Waals surface area contributed by atoms with Gasteiger partial charge in [-0.25, -0.2) is 14.3 Å². The molecule has 1 aliphatic rings. The molecule has 0 bridgehead atoms. The highest BCUT2D eigenvalue weighted by Crippen LogP contribution is 2.40. The lowest BCUT2D eigenvalue weighted by Gasteiger charge is -2.19. The molecule has 10 heteroatoms. The fourth-order valence-electron chi connectivity index (χ4n) is 4.95. The van der Waals surface area contributed by atoms with Crippen molar-refractivity contribution < 1.29 is 23.9 Å². The zero-order chi connectivity index (χ0) is 28.4. The van der Waals surface area contributed by atoms with Gasteiger partial charge in [-0.1, -0.05) is 55.5 Å². The van der Waals surface area contributed by atoms with Crippen molar-refractivity contribution in [1.82, 2.24) is 9.78 Å². The lowest BCUT2D eigenvalue weighted by Crippen LogP contribution is -2.28. The van der Waals surface area contributed by atoms with Crippen LogP contribution in [-0.2, 0) is 34.2 Å². The van der Waals surface area contributed by atoms with Gasteiger partial charge in [0.15, 0.2) is 5.69 Å². The molecule has 0 fully saturated rings. The number of nitrogens with one attached hydrogen (secondary N) is 1. The molecule has 0 radical (unpaired) electrons. The lowest BCUT2D eigenvalue weighted by molar-refractivity contribution is -0.125. The zero-order valence-corrected chi connectivity index (χ0v) is 23.2. The van der Waals surface area contributed by atoms with Gasteiger partial charge in [0.05, 0.1) is 17.6 Å². The van der Waals surface area contributed by atoms with E-state index in [1.807, 2.05) is 0 Å². The molecule has 0 saturated carbocycles. The predicted molar refractivity (Wildman–Crippen MR) is 152 cm³/mol. The van der Waals surface area contributed by atoms with Crippen LogP contribution in [-0.4, -0.2) is 34.2 Å². The molecular formula is C30H29N3O6S. The topological polar surface area (TPSA) is 117 Å². The Balaban J connectivity index is 1.51. The Morgan fingerprint density at radius 2 is 1.77 bits per heavy atom. The van der Waals surface area contributed by atoms with E-state index >= 15 is 0 Å². The number of nitrogens with zero attached hydrogens (tertiary/aromatic N) is 2. The van der Waals surface area contributed by atoms with Crippen molar-refractivity contribution in [2.24, 2.45) is 13.0 Å². The SMILES string of the molecule is CCOC(=O)c1c(NC(=O)[C@H](OC(=O)c2nn(C)c(=O)c3ccccc23)c2ccccc2)sc2c1CC[C@H](C)C2. The van der Waals surface area contributed by atoms with Gasteiger partial charge in [-0.05, 0) is 43.7 Å². The van der Waals surface area contributed by atoms with Crippen LogP contribution in [0.25, 0.3) is 10.8 Å². The molecule has 1 N–H and O–H groups in total. The van der Waals surface area contributed by atoms with Gasteiger partial charge in [0, 0.05) is 22.9 Å². The molecule has 4 aromatic rings. The first-order chi connectivity index (χ1) is 19.3. The lowest BCUT2D eigenvalue weighted by atomic mass is 9.88. The summed E-state index contributed by atoms with van der Waals surface area (Å²) in [4.78, 5) is 53.8. The molecule has 5 rings (SSSR count). The molecule has 1 amide bonds. The average Bonchev–Trinajstić information content (AvgIpc) is 3.30. The number of rotatable bonds is 7. The largest absolute Gasteiger partial charge is 0.462 e. The van der Waals surface area contributed by atoms with Crippen molar-refractivity contribution in [3.63, 3.8) is 0 Å². The van der Waals surface area contributed by atoms with E-state index in [9.17, 15) is 19.2 Å². The van der Waals surface area contributed by atoms with Crippen molar-refractivity contribution in [2.75, 3.05) is 11.9 Å². The van der Waals surface area contributed by atoms with Gasteiger partial charge in [0.1, 0.15) is 5.00 Å². The van der Waals surface area contributed by atoms with Crippen LogP contribution in [0.2, 0.25) is 0 Å². The molecule has 2 aromatic carbocycles. The molecule has 0 aliphatic heterocycles. The molecule has 0 saturated heterocycles. The molecular weight excluding hydrogens is 530 g/mol. The van der Waals surface area contributed by atoms with E-state index in [0.717, 1.165) is 34.4 Å². The van der Waals surface area contributed by atoms with E-state index in [4.69, 9.17) is 9.47 Å². The monoisotopic (exact) mass is 559 g/mol. The Morgan fingerprint density at radius 1 is 1.07 bits per heavy atom. The minimum absolute atomic E-state index is 0.0841. The minimum Gasteiger partial charge on any atom is -0.462 e. The summed E-state index contributed by atoms with van der Waals surface area (Å²) in [6.45, 7) is 4.10. The third-order valence-electron chi connectivity index (χ3n) is 6.94. The molecule has 206 valence electrons. The number of ether oxygens (including phenoxy) is 2. The number of amides is 1. The third-order valence-corrected chi connectivity index (χ3v) is 8.11. The number of hydrogen-bond acceptors (Lipinski definition) is 8. The van der Waals surface area contributed by atoms with Crippen molar-refractivity contribution in [1.29, 1.82) is 0 Å². The van der Waals surface area contributed by atoms with E-state index in [-0.39, 0.29) is 17.9 Å². The smallest absolute Gasteiger partial charge is 0.360 e. The van der Waals surface area contributed by atoms with Gasteiger partial charge in [-0.15, -0.1) is 11.3 Å². The standard InChI is InChI=1S/C30H29N3O6S/c1-4-38-29(36)23-21-15-14-17(2)16-22(21)40-27(23)31-26(34)25(18-10-6-5-7-11-18)39-30(37)24-19-12-8-9-13-20(19)28(35)33(3)32-24/h5-13,17,25H,4,14-16H2,1-3H3,(H,31,34)/t17-,25+/m0/s1. The van der Waals surface area contributed by atoms with Gasteiger partial charge in [0.25, 0.3) is 11.5 Å². The Morgan fingerprint density at radius 3 is 2.50 bits per heavy atom. The van der Waals surface area contributed by atoms with Crippen LogP contribution in [0.1, 0.15) is 63.2 Å². The molecule has 40 heavy (non-hydrogen) atoms. The second kappa shape index (κ2) is 11.4. The summed E-state index contributed by atoms with van der Waals surface area (Å²) in [6.07, 6.45) is 1.12. The predicted octanol–water partition coefficient (Wildman–Crippen LogP) is 4.83. The number of fused-ring (bicyclic) bond motifs is 2. The van der Waals surface area contributed by atoms with Crippen LogP contribution < -0.4 is 10.9 Å². The number of aryl methyl sites for hydroxylation is 1.